The predicted molar refractivity (Wildman–Crippen MR) is 79.6 cm³/mol. The monoisotopic (exact) mass is 341 g/mol. The van der Waals surface area contributed by atoms with Crippen LogP contribution in [0.4, 0.5) is 13.2 Å². The van der Waals surface area contributed by atoms with Crippen LogP contribution in [0.2, 0.25) is 0 Å². The van der Waals surface area contributed by atoms with Gasteiger partial charge in [0.05, 0.1) is 25.3 Å². The lowest BCUT2D eigenvalue weighted by Gasteiger charge is -2.15. The third-order valence-electron chi connectivity index (χ3n) is 3.16. The van der Waals surface area contributed by atoms with Crippen molar-refractivity contribution in [2.45, 2.75) is 6.18 Å². The summed E-state index contributed by atoms with van der Waals surface area (Å²) in [6, 6.07) is 7.09. The number of carbonyl (C=O) groups is 1. The van der Waals surface area contributed by atoms with Crippen LogP contribution >= 0.6 is 0 Å². The summed E-state index contributed by atoms with van der Waals surface area (Å²) in [5.74, 6) is -0.172. The molecule has 0 bridgehead atoms. The molecule has 0 fully saturated rings. The number of ether oxygens (including phenoxy) is 3. The molecule has 5 nitrogen and oxygen atoms in total. The van der Waals surface area contributed by atoms with Crippen LogP contribution in [-0.2, 0) is 6.18 Å². The van der Waals surface area contributed by atoms with E-state index in [2.05, 4.69) is 0 Å². The van der Waals surface area contributed by atoms with Gasteiger partial charge in [-0.25, -0.2) is 0 Å². The summed E-state index contributed by atoms with van der Waals surface area (Å²) in [7, 11) is 2.86. The van der Waals surface area contributed by atoms with Crippen molar-refractivity contribution in [1.82, 2.24) is 0 Å². The predicted octanol–water partition coefficient (Wildman–Crippen LogP) is 3.61. The maximum atomic E-state index is 12.8. The van der Waals surface area contributed by atoms with Crippen molar-refractivity contribution in [2.24, 2.45) is 5.73 Å². The number of alkyl halides is 3. The molecule has 0 aliphatic rings. The molecule has 2 aromatic carbocycles. The Morgan fingerprint density at radius 3 is 2.17 bits per heavy atom. The fourth-order valence-corrected chi connectivity index (χ4v) is 1.97. The van der Waals surface area contributed by atoms with Gasteiger partial charge in [0.2, 0.25) is 0 Å². The number of nitrogens with two attached hydrogens (primary N) is 1. The summed E-state index contributed by atoms with van der Waals surface area (Å²) in [5, 5.41) is 0. The van der Waals surface area contributed by atoms with E-state index in [9.17, 15) is 18.0 Å². The first-order valence-corrected chi connectivity index (χ1v) is 6.67. The number of halogens is 3. The van der Waals surface area contributed by atoms with Crippen molar-refractivity contribution < 1.29 is 32.2 Å². The normalized spacial score (nSPS) is 11.0. The molecule has 0 saturated carbocycles. The molecule has 128 valence electrons. The average Bonchev–Trinajstić information content (AvgIpc) is 2.54. The Morgan fingerprint density at radius 1 is 0.958 bits per heavy atom. The molecule has 0 aliphatic carbocycles. The van der Waals surface area contributed by atoms with Crippen LogP contribution in [0, 0.1) is 0 Å². The third kappa shape index (κ3) is 3.70. The highest BCUT2D eigenvalue weighted by molar-refractivity contribution is 5.96. The van der Waals surface area contributed by atoms with E-state index in [0.717, 1.165) is 12.1 Å². The zero-order chi connectivity index (χ0) is 17.9. The summed E-state index contributed by atoms with van der Waals surface area (Å²) in [5.41, 5.74) is 3.78. The molecule has 24 heavy (non-hydrogen) atoms. The van der Waals surface area contributed by atoms with Crippen LogP contribution in [0.1, 0.15) is 15.9 Å². The largest absolute Gasteiger partial charge is 0.497 e. The molecule has 0 aromatic heterocycles. The summed E-state index contributed by atoms with van der Waals surface area (Å²) in [4.78, 5) is 11.5. The topological polar surface area (TPSA) is 70.8 Å². The fourth-order valence-electron chi connectivity index (χ4n) is 1.97. The molecule has 1 amide bonds. The Bertz CT molecular complexity index is 759. The van der Waals surface area contributed by atoms with Gasteiger partial charge in [0.15, 0.2) is 11.5 Å². The van der Waals surface area contributed by atoms with Gasteiger partial charge in [-0.15, -0.1) is 0 Å². The van der Waals surface area contributed by atoms with Gasteiger partial charge in [0, 0.05) is 6.07 Å². The van der Waals surface area contributed by atoms with E-state index in [-0.39, 0.29) is 22.8 Å². The molecule has 0 radical (unpaired) electrons. The van der Waals surface area contributed by atoms with Crippen molar-refractivity contribution in [1.29, 1.82) is 0 Å². The van der Waals surface area contributed by atoms with Gasteiger partial charge in [-0.2, -0.15) is 13.2 Å². The van der Waals surface area contributed by atoms with Gasteiger partial charge in [-0.1, -0.05) is 0 Å². The second-order valence-corrected chi connectivity index (χ2v) is 4.69. The fraction of sp³-hybridized carbons (Fsp3) is 0.188. The average molecular weight is 341 g/mol. The lowest BCUT2D eigenvalue weighted by molar-refractivity contribution is -0.137. The van der Waals surface area contributed by atoms with Crippen LogP contribution in [0.15, 0.2) is 36.4 Å². The van der Waals surface area contributed by atoms with E-state index < -0.39 is 17.6 Å². The van der Waals surface area contributed by atoms with Crippen LogP contribution < -0.4 is 19.9 Å². The Morgan fingerprint density at radius 2 is 1.62 bits per heavy atom. The molecule has 8 heteroatoms. The quantitative estimate of drug-likeness (QED) is 0.902. The Hall–Kier alpha value is -2.90. The SMILES string of the molecule is COc1ccc(Oc2ccc(C(F)(F)F)cc2C(N)=O)c(OC)c1. The first kappa shape index (κ1) is 17.5. The lowest BCUT2D eigenvalue weighted by atomic mass is 10.1. The molecular weight excluding hydrogens is 327 g/mol. The first-order chi connectivity index (χ1) is 11.3. The highest BCUT2D eigenvalue weighted by Crippen LogP contribution is 2.38. The number of hydrogen-bond donors (Lipinski definition) is 1. The van der Waals surface area contributed by atoms with E-state index in [1.165, 1.54) is 26.4 Å². The number of benzene rings is 2. The molecule has 0 atom stereocenters. The van der Waals surface area contributed by atoms with Crippen molar-refractivity contribution in [3.63, 3.8) is 0 Å². The van der Waals surface area contributed by atoms with Crippen molar-refractivity contribution in [3.05, 3.63) is 47.5 Å². The second-order valence-electron chi connectivity index (χ2n) is 4.69. The molecule has 0 heterocycles. The van der Waals surface area contributed by atoms with Crippen LogP contribution in [-0.4, -0.2) is 20.1 Å². The van der Waals surface area contributed by atoms with Gasteiger partial charge in [-0.3, -0.25) is 4.79 Å². The molecule has 0 saturated heterocycles. The lowest BCUT2D eigenvalue weighted by Crippen LogP contribution is -2.15. The Balaban J connectivity index is 2.45. The summed E-state index contributed by atoms with van der Waals surface area (Å²) in [6.07, 6.45) is -4.60. The molecule has 2 aromatic rings. The zero-order valence-corrected chi connectivity index (χ0v) is 12.8. The van der Waals surface area contributed by atoms with Gasteiger partial charge >= 0.3 is 6.18 Å². The maximum Gasteiger partial charge on any atom is 0.416 e. The van der Waals surface area contributed by atoms with Gasteiger partial charge in [0.25, 0.3) is 5.91 Å². The number of rotatable bonds is 5. The summed E-state index contributed by atoms with van der Waals surface area (Å²) >= 11 is 0. The molecule has 2 N–H and O–H groups in total. The van der Waals surface area contributed by atoms with E-state index in [0.29, 0.717) is 11.8 Å². The van der Waals surface area contributed by atoms with Crippen LogP contribution in [0.25, 0.3) is 0 Å². The first-order valence-electron chi connectivity index (χ1n) is 6.67. The van der Waals surface area contributed by atoms with Crippen LogP contribution in [0.5, 0.6) is 23.0 Å². The maximum absolute atomic E-state index is 12.8. The van der Waals surface area contributed by atoms with Crippen LogP contribution in [0.3, 0.4) is 0 Å². The minimum absolute atomic E-state index is 0.112. The smallest absolute Gasteiger partial charge is 0.416 e. The van der Waals surface area contributed by atoms with Gasteiger partial charge < -0.3 is 19.9 Å². The van der Waals surface area contributed by atoms with E-state index in [1.807, 2.05) is 0 Å². The van der Waals surface area contributed by atoms with Crippen molar-refractivity contribution >= 4 is 5.91 Å². The summed E-state index contributed by atoms with van der Waals surface area (Å²) < 4.78 is 54.0. The van der Waals surface area contributed by atoms with Crippen molar-refractivity contribution in [2.75, 3.05) is 14.2 Å². The van der Waals surface area contributed by atoms with E-state index in [4.69, 9.17) is 19.9 Å². The minimum Gasteiger partial charge on any atom is -0.497 e. The number of methoxy groups -OCH3 is 2. The third-order valence-corrected chi connectivity index (χ3v) is 3.16. The Labute approximate surface area is 135 Å². The molecule has 0 spiro atoms. The van der Waals surface area contributed by atoms with Crippen molar-refractivity contribution in [3.8, 4) is 23.0 Å². The number of amides is 1. The minimum atomic E-state index is -4.60. The standard InChI is InChI=1S/C16H14F3NO4/c1-22-10-4-6-13(14(8-10)23-2)24-12-5-3-9(16(17,18)19)7-11(12)15(20)21/h3-8H,1-2H3,(H2,20,21). The van der Waals surface area contributed by atoms with E-state index in [1.54, 1.807) is 6.07 Å². The highest BCUT2D eigenvalue weighted by atomic mass is 19.4. The van der Waals surface area contributed by atoms with E-state index >= 15 is 0 Å². The Kier molecular flexibility index (Phi) is 4.87. The highest BCUT2D eigenvalue weighted by Gasteiger charge is 2.32. The molecule has 0 unspecified atom stereocenters. The molecule has 0 aliphatic heterocycles. The number of hydrogen-bond acceptors (Lipinski definition) is 4. The summed E-state index contributed by atoms with van der Waals surface area (Å²) in [6.45, 7) is 0. The zero-order valence-electron chi connectivity index (χ0n) is 12.8. The van der Waals surface area contributed by atoms with Gasteiger partial charge in [-0.05, 0) is 30.3 Å². The van der Waals surface area contributed by atoms with Gasteiger partial charge in [0.1, 0.15) is 11.5 Å². The second kappa shape index (κ2) is 6.69. The number of primary amides is 1. The number of carbonyl (C=O) groups excluding carboxylic acids is 1. The molecular formula is C16H14F3NO4. The molecule has 2 rings (SSSR count).